The summed E-state index contributed by atoms with van der Waals surface area (Å²) in [7, 11) is 0. The van der Waals surface area contributed by atoms with Crippen molar-refractivity contribution in [2.45, 2.75) is 63.9 Å². The fourth-order valence-electron chi connectivity index (χ4n) is 3.63. The van der Waals surface area contributed by atoms with E-state index in [-0.39, 0.29) is 17.3 Å². The fourth-order valence-corrected chi connectivity index (χ4v) is 3.95. The largest absolute Gasteiger partial charge is 0.370 e. The van der Waals surface area contributed by atoms with Gasteiger partial charge in [-0.15, -0.1) is 0 Å². The molecule has 1 aromatic rings. The van der Waals surface area contributed by atoms with Crippen LogP contribution < -0.4 is 0 Å². The van der Waals surface area contributed by atoms with Crippen LogP contribution in [0.4, 0.5) is 0 Å². The molecule has 2 nitrogen and oxygen atoms in total. The Morgan fingerprint density at radius 1 is 1.29 bits per heavy atom. The number of hydrogen-bond acceptors (Lipinski definition) is 2. The van der Waals surface area contributed by atoms with Crippen molar-refractivity contribution < 1.29 is 9.47 Å². The van der Waals surface area contributed by atoms with Gasteiger partial charge in [0.05, 0.1) is 34.0 Å². The molecule has 2 fully saturated rings. The van der Waals surface area contributed by atoms with Crippen LogP contribution in [0.25, 0.3) is 0 Å². The lowest BCUT2D eigenvalue weighted by Crippen LogP contribution is -2.38. The lowest BCUT2D eigenvalue weighted by Gasteiger charge is -2.31. The van der Waals surface area contributed by atoms with E-state index in [9.17, 15) is 0 Å². The molecule has 0 aliphatic carbocycles. The van der Waals surface area contributed by atoms with Crippen molar-refractivity contribution in [3.63, 3.8) is 0 Å². The average Bonchev–Trinajstić information content (AvgIpc) is 2.92. The van der Waals surface area contributed by atoms with Gasteiger partial charge in [-0.25, -0.2) is 0 Å². The number of halogens is 2. The molecule has 2 saturated heterocycles. The van der Waals surface area contributed by atoms with Crippen molar-refractivity contribution in [2.75, 3.05) is 0 Å². The van der Waals surface area contributed by atoms with Gasteiger partial charge in [-0.3, -0.25) is 0 Å². The first-order chi connectivity index (χ1) is 9.85. The Hall–Kier alpha value is -0.280. The molecule has 0 amide bonds. The van der Waals surface area contributed by atoms with E-state index < -0.39 is 0 Å². The van der Waals surface area contributed by atoms with Gasteiger partial charge in [-0.1, -0.05) is 43.1 Å². The molecule has 2 heterocycles. The van der Waals surface area contributed by atoms with Gasteiger partial charge in [0.2, 0.25) is 0 Å². The van der Waals surface area contributed by atoms with Gasteiger partial charge in [0.25, 0.3) is 0 Å². The van der Waals surface area contributed by atoms with E-state index in [1.54, 1.807) is 0 Å². The van der Waals surface area contributed by atoms with Gasteiger partial charge >= 0.3 is 0 Å². The maximum atomic E-state index is 6.38. The Morgan fingerprint density at radius 2 is 2.05 bits per heavy atom. The first-order valence-electron chi connectivity index (χ1n) is 7.60. The second-order valence-corrected chi connectivity index (χ2v) is 7.70. The predicted molar refractivity (Wildman–Crippen MR) is 85.9 cm³/mol. The van der Waals surface area contributed by atoms with E-state index >= 15 is 0 Å². The van der Waals surface area contributed by atoms with Crippen molar-refractivity contribution in [3.8, 4) is 0 Å². The third-order valence-electron chi connectivity index (χ3n) is 5.18. The Labute approximate surface area is 136 Å². The molecule has 1 aromatic carbocycles. The predicted octanol–water partition coefficient (Wildman–Crippen LogP) is 5.25. The molecule has 0 unspecified atom stereocenters. The van der Waals surface area contributed by atoms with Crippen LogP contribution >= 0.6 is 23.2 Å². The number of benzene rings is 1. The quantitative estimate of drug-likeness (QED) is 0.751. The van der Waals surface area contributed by atoms with Crippen LogP contribution in [0.15, 0.2) is 18.2 Å². The van der Waals surface area contributed by atoms with Gasteiger partial charge < -0.3 is 9.47 Å². The van der Waals surface area contributed by atoms with Gasteiger partial charge in [0.1, 0.15) is 0 Å². The first kappa shape index (κ1) is 15.6. The maximum Gasteiger partial charge on any atom is 0.0924 e. The monoisotopic (exact) mass is 328 g/mol. The van der Waals surface area contributed by atoms with E-state index in [1.807, 2.05) is 18.2 Å². The Balaban J connectivity index is 1.68. The molecule has 4 heteroatoms. The van der Waals surface area contributed by atoms with Crippen molar-refractivity contribution >= 4 is 23.2 Å². The van der Waals surface area contributed by atoms with E-state index in [0.29, 0.717) is 22.6 Å². The van der Waals surface area contributed by atoms with Gasteiger partial charge in [0, 0.05) is 6.42 Å². The SMILES string of the molecule is CC(C)[C@@]12CC[C@@](C)(O1)[C@@H](OCc1ccc(Cl)c(Cl)c1)C2. The highest BCUT2D eigenvalue weighted by Gasteiger charge is 2.60. The standard InChI is InChI=1S/C17H22Cl2O2/c1-11(2)17-7-6-16(3,21-17)15(9-17)20-10-12-4-5-13(18)14(19)8-12/h4-5,8,11,15H,6-7,9-10H2,1-3H3/t15-,16+,17-/m0/s1. The molecular weight excluding hydrogens is 307 g/mol. The number of ether oxygens (including phenoxy) is 2. The molecule has 116 valence electrons. The van der Waals surface area contributed by atoms with Crippen LogP contribution in [-0.4, -0.2) is 17.3 Å². The summed E-state index contributed by atoms with van der Waals surface area (Å²) in [6, 6.07) is 5.65. The summed E-state index contributed by atoms with van der Waals surface area (Å²) in [5.41, 5.74) is 0.923. The third kappa shape index (κ3) is 2.72. The molecule has 3 rings (SSSR count). The molecule has 2 aliphatic heterocycles. The molecule has 21 heavy (non-hydrogen) atoms. The summed E-state index contributed by atoms with van der Waals surface area (Å²) in [6.07, 6.45) is 3.37. The molecular formula is C17H22Cl2O2. The summed E-state index contributed by atoms with van der Waals surface area (Å²) in [6.45, 7) is 7.22. The van der Waals surface area contributed by atoms with E-state index in [1.165, 1.54) is 0 Å². The minimum absolute atomic E-state index is 0.0110. The zero-order chi connectivity index (χ0) is 15.3. The zero-order valence-electron chi connectivity index (χ0n) is 12.8. The molecule has 0 aromatic heterocycles. The van der Waals surface area contributed by atoms with E-state index in [2.05, 4.69) is 20.8 Å². The lowest BCUT2D eigenvalue weighted by molar-refractivity contribution is -0.0959. The molecule has 0 radical (unpaired) electrons. The lowest BCUT2D eigenvalue weighted by atomic mass is 9.75. The van der Waals surface area contributed by atoms with Crippen LogP contribution in [0, 0.1) is 5.92 Å². The summed E-state index contributed by atoms with van der Waals surface area (Å²) in [5.74, 6) is 0.526. The third-order valence-corrected chi connectivity index (χ3v) is 5.92. The fraction of sp³-hybridized carbons (Fsp3) is 0.647. The molecule has 2 bridgehead atoms. The van der Waals surface area contributed by atoms with Crippen LogP contribution in [-0.2, 0) is 16.1 Å². The summed E-state index contributed by atoms with van der Waals surface area (Å²) < 4.78 is 12.5. The van der Waals surface area contributed by atoms with Crippen LogP contribution in [0.3, 0.4) is 0 Å². The highest BCUT2D eigenvalue weighted by atomic mass is 35.5. The number of hydrogen-bond donors (Lipinski definition) is 0. The second-order valence-electron chi connectivity index (χ2n) is 6.89. The highest BCUT2D eigenvalue weighted by molar-refractivity contribution is 6.42. The van der Waals surface area contributed by atoms with Crippen LogP contribution in [0.2, 0.25) is 10.0 Å². The second kappa shape index (κ2) is 5.42. The van der Waals surface area contributed by atoms with Gasteiger partial charge in [-0.05, 0) is 43.4 Å². The van der Waals surface area contributed by atoms with Crippen molar-refractivity contribution in [2.24, 2.45) is 5.92 Å². The summed E-state index contributed by atoms with van der Waals surface area (Å²) >= 11 is 12.0. The molecule has 2 aliphatic rings. The average molecular weight is 329 g/mol. The van der Waals surface area contributed by atoms with Crippen molar-refractivity contribution in [1.29, 1.82) is 0 Å². The first-order valence-corrected chi connectivity index (χ1v) is 8.36. The van der Waals surface area contributed by atoms with Crippen molar-refractivity contribution in [1.82, 2.24) is 0 Å². The van der Waals surface area contributed by atoms with E-state index in [0.717, 1.165) is 24.8 Å². The topological polar surface area (TPSA) is 18.5 Å². The normalized spacial score (nSPS) is 34.9. The highest BCUT2D eigenvalue weighted by Crippen LogP contribution is 2.55. The van der Waals surface area contributed by atoms with Crippen molar-refractivity contribution in [3.05, 3.63) is 33.8 Å². The van der Waals surface area contributed by atoms with Gasteiger partial charge in [-0.2, -0.15) is 0 Å². The zero-order valence-corrected chi connectivity index (χ0v) is 14.3. The van der Waals surface area contributed by atoms with Gasteiger partial charge in [0.15, 0.2) is 0 Å². The minimum Gasteiger partial charge on any atom is -0.370 e. The Morgan fingerprint density at radius 3 is 2.67 bits per heavy atom. The van der Waals surface area contributed by atoms with Crippen LogP contribution in [0.1, 0.15) is 45.6 Å². The number of fused-ring (bicyclic) bond motifs is 2. The smallest absolute Gasteiger partial charge is 0.0924 e. The molecule has 0 saturated carbocycles. The molecule has 0 N–H and O–H groups in total. The number of rotatable bonds is 4. The summed E-state index contributed by atoms with van der Waals surface area (Å²) in [5, 5.41) is 1.15. The molecule has 0 spiro atoms. The Bertz CT molecular complexity index is 546. The molecule has 3 atom stereocenters. The maximum absolute atomic E-state index is 6.38. The Kier molecular flexibility index (Phi) is 4.03. The van der Waals surface area contributed by atoms with Crippen LogP contribution in [0.5, 0.6) is 0 Å². The van der Waals surface area contributed by atoms with E-state index in [4.69, 9.17) is 32.7 Å². The minimum atomic E-state index is -0.138. The summed E-state index contributed by atoms with van der Waals surface area (Å²) in [4.78, 5) is 0.